The summed E-state index contributed by atoms with van der Waals surface area (Å²) in [5.41, 5.74) is -0.0984. The zero-order valence-corrected chi connectivity index (χ0v) is 14.2. The van der Waals surface area contributed by atoms with Crippen LogP contribution in [0.15, 0.2) is 18.2 Å². The molecule has 1 aromatic carbocycles. The van der Waals surface area contributed by atoms with Gasteiger partial charge in [0, 0.05) is 16.6 Å². The van der Waals surface area contributed by atoms with Crippen molar-refractivity contribution in [2.75, 3.05) is 6.54 Å². The second-order valence-electron chi connectivity index (χ2n) is 5.82. The molecule has 0 aliphatic rings. The molecular formula is C15H19Cl2NO4. The standard InChI is InChI=1S/C15H19Cl2NO4/c1-15(2,3)22-14(21)18-8-9(13(19)20)7-10-11(16)5-4-6-12(10)17/h4-6,9H,7-8H2,1-3H3,(H,18,21)(H,19,20)/t9-/m1/s1. The molecule has 0 fully saturated rings. The van der Waals surface area contributed by atoms with Crippen molar-refractivity contribution in [2.45, 2.75) is 32.8 Å². The Bertz CT molecular complexity index is 535. The van der Waals surface area contributed by atoms with E-state index in [1.807, 2.05) is 0 Å². The van der Waals surface area contributed by atoms with Crippen molar-refractivity contribution >= 4 is 35.3 Å². The van der Waals surface area contributed by atoms with E-state index in [1.54, 1.807) is 39.0 Å². The lowest BCUT2D eigenvalue weighted by molar-refractivity contribution is -0.141. The Hall–Kier alpha value is -1.46. The summed E-state index contributed by atoms with van der Waals surface area (Å²) < 4.78 is 5.07. The van der Waals surface area contributed by atoms with Crippen molar-refractivity contribution in [1.29, 1.82) is 0 Å². The maximum Gasteiger partial charge on any atom is 0.407 e. The molecule has 0 aliphatic carbocycles. The van der Waals surface area contributed by atoms with E-state index in [0.717, 1.165) is 0 Å². The van der Waals surface area contributed by atoms with Crippen LogP contribution in [0.25, 0.3) is 0 Å². The molecule has 0 aliphatic heterocycles. The zero-order chi connectivity index (χ0) is 16.9. The number of rotatable bonds is 5. The molecule has 7 heteroatoms. The van der Waals surface area contributed by atoms with Gasteiger partial charge < -0.3 is 15.2 Å². The first-order chi connectivity index (χ1) is 10.1. The number of nitrogens with one attached hydrogen (secondary N) is 1. The number of carboxylic acids is 1. The van der Waals surface area contributed by atoms with Crippen LogP contribution in [0.3, 0.4) is 0 Å². The van der Waals surface area contributed by atoms with Crippen molar-refractivity contribution in [1.82, 2.24) is 5.32 Å². The van der Waals surface area contributed by atoms with Crippen LogP contribution >= 0.6 is 23.2 Å². The second kappa shape index (κ2) is 7.70. The predicted octanol–water partition coefficient (Wildman–Crippen LogP) is 3.76. The van der Waals surface area contributed by atoms with Gasteiger partial charge in [0.15, 0.2) is 0 Å². The summed E-state index contributed by atoms with van der Waals surface area (Å²) in [6, 6.07) is 4.97. The number of carboxylic acid groups (broad SMARTS) is 1. The first kappa shape index (κ1) is 18.6. The highest BCUT2D eigenvalue weighted by Gasteiger charge is 2.23. The Kier molecular flexibility index (Phi) is 6.50. The lowest BCUT2D eigenvalue weighted by Crippen LogP contribution is -2.37. The van der Waals surface area contributed by atoms with E-state index >= 15 is 0 Å². The molecule has 5 nitrogen and oxygen atoms in total. The average molecular weight is 348 g/mol. The maximum absolute atomic E-state index is 11.6. The molecule has 1 rings (SSSR count). The molecule has 0 saturated heterocycles. The van der Waals surface area contributed by atoms with Crippen molar-refractivity contribution < 1.29 is 19.4 Å². The molecule has 122 valence electrons. The van der Waals surface area contributed by atoms with E-state index in [2.05, 4.69) is 5.32 Å². The fourth-order valence-electron chi connectivity index (χ4n) is 1.74. The Labute approximate surface area is 139 Å². The van der Waals surface area contributed by atoms with Gasteiger partial charge in [0.05, 0.1) is 5.92 Å². The zero-order valence-electron chi connectivity index (χ0n) is 12.7. The van der Waals surface area contributed by atoms with Gasteiger partial charge in [-0.1, -0.05) is 29.3 Å². The van der Waals surface area contributed by atoms with Crippen LogP contribution < -0.4 is 5.32 Å². The van der Waals surface area contributed by atoms with Crippen LogP contribution in [0.5, 0.6) is 0 Å². The molecule has 1 amide bonds. The van der Waals surface area contributed by atoms with E-state index in [9.17, 15) is 14.7 Å². The van der Waals surface area contributed by atoms with Crippen molar-refractivity contribution in [3.63, 3.8) is 0 Å². The van der Waals surface area contributed by atoms with E-state index in [4.69, 9.17) is 27.9 Å². The minimum atomic E-state index is -1.05. The normalized spacial score (nSPS) is 12.6. The van der Waals surface area contributed by atoms with Crippen LogP contribution in [0.1, 0.15) is 26.3 Å². The highest BCUT2D eigenvalue weighted by atomic mass is 35.5. The third kappa shape index (κ3) is 6.12. The SMILES string of the molecule is CC(C)(C)OC(=O)NC[C@@H](Cc1c(Cl)cccc1Cl)C(=O)O. The predicted molar refractivity (Wildman–Crippen MR) is 85.5 cm³/mol. The third-order valence-corrected chi connectivity index (χ3v) is 3.46. The second-order valence-corrected chi connectivity index (χ2v) is 6.64. The summed E-state index contributed by atoms with van der Waals surface area (Å²) >= 11 is 12.1. The van der Waals surface area contributed by atoms with Gasteiger partial charge in [0.1, 0.15) is 5.60 Å². The van der Waals surface area contributed by atoms with Crippen LogP contribution in [-0.4, -0.2) is 29.3 Å². The lowest BCUT2D eigenvalue weighted by atomic mass is 9.99. The fraction of sp³-hybridized carbons (Fsp3) is 0.467. The van der Waals surface area contributed by atoms with Crippen LogP contribution in [0.2, 0.25) is 10.0 Å². The number of halogens is 2. The Morgan fingerprint density at radius 3 is 2.27 bits per heavy atom. The number of aliphatic carboxylic acids is 1. The van der Waals surface area contributed by atoms with Gasteiger partial charge in [0.25, 0.3) is 0 Å². The molecule has 1 atom stereocenters. The first-order valence-electron chi connectivity index (χ1n) is 6.72. The smallest absolute Gasteiger partial charge is 0.407 e. The summed E-state index contributed by atoms with van der Waals surface area (Å²) in [6.07, 6.45) is -0.548. The molecule has 1 aromatic rings. The first-order valence-corrected chi connectivity index (χ1v) is 7.48. The minimum Gasteiger partial charge on any atom is -0.481 e. The molecule has 0 heterocycles. The Balaban J connectivity index is 2.71. The number of hydrogen-bond acceptors (Lipinski definition) is 3. The minimum absolute atomic E-state index is 0.0776. The summed E-state index contributed by atoms with van der Waals surface area (Å²) in [5.74, 6) is -1.91. The Morgan fingerprint density at radius 1 is 1.27 bits per heavy atom. The highest BCUT2D eigenvalue weighted by Crippen LogP contribution is 2.27. The van der Waals surface area contributed by atoms with Gasteiger partial charge in [-0.25, -0.2) is 4.79 Å². The van der Waals surface area contributed by atoms with Crippen LogP contribution in [0.4, 0.5) is 4.79 Å². The topological polar surface area (TPSA) is 75.6 Å². The average Bonchev–Trinajstić information content (AvgIpc) is 2.34. The van der Waals surface area contributed by atoms with Gasteiger partial charge in [-0.15, -0.1) is 0 Å². The number of ether oxygens (including phenoxy) is 1. The number of hydrogen-bond donors (Lipinski definition) is 2. The van der Waals surface area contributed by atoms with E-state index < -0.39 is 23.6 Å². The summed E-state index contributed by atoms with van der Waals surface area (Å²) in [6.45, 7) is 5.10. The summed E-state index contributed by atoms with van der Waals surface area (Å²) in [4.78, 5) is 22.9. The summed E-state index contributed by atoms with van der Waals surface area (Å²) in [7, 11) is 0. The number of alkyl carbamates (subject to hydrolysis) is 1. The number of carbonyl (C=O) groups excluding carboxylic acids is 1. The van der Waals surface area contributed by atoms with Gasteiger partial charge in [0.2, 0.25) is 0 Å². The maximum atomic E-state index is 11.6. The van der Waals surface area contributed by atoms with E-state index in [0.29, 0.717) is 15.6 Å². The molecule has 0 saturated carbocycles. The lowest BCUT2D eigenvalue weighted by Gasteiger charge is -2.21. The highest BCUT2D eigenvalue weighted by molar-refractivity contribution is 6.36. The molecule has 0 spiro atoms. The molecule has 22 heavy (non-hydrogen) atoms. The Morgan fingerprint density at radius 2 is 1.82 bits per heavy atom. The summed E-state index contributed by atoms with van der Waals surface area (Å²) in [5, 5.41) is 12.5. The largest absolute Gasteiger partial charge is 0.481 e. The van der Waals surface area contributed by atoms with Crippen molar-refractivity contribution in [3.05, 3.63) is 33.8 Å². The van der Waals surface area contributed by atoms with Crippen LogP contribution in [-0.2, 0) is 16.0 Å². The molecule has 0 bridgehead atoms. The third-order valence-electron chi connectivity index (χ3n) is 2.75. The monoisotopic (exact) mass is 347 g/mol. The number of amides is 1. The van der Waals surface area contributed by atoms with Crippen molar-refractivity contribution in [3.8, 4) is 0 Å². The molecular weight excluding hydrogens is 329 g/mol. The quantitative estimate of drug-likeness (QED) is 0.850. The van der Waals surface area contributed by atoms with Gasteiger partial charge in [-0.2, -0.15) is 0 Å². The molecule has 2 N–H and O–H groups in total. The number of carbonyl (C=O) groups is 2. The van der Waals surface area contributed by atoms with Gasteiger partial charge in [-0.3, -0.25) is 4.79 Å². The van der Waals surface area contributed by atoms with Gasteiger partial charge in [-0.05, 0) is 44.9 Å². The van der Waals surface area contributed by atoms with Crippen LogP contribution in [0, 0.1) is 5.92 Å². The molecule has 0 radical (unpaired) electrons. The van der Waals surface area contributed by atoms with Crippen molar-refractivity contribution in [2.24, 2.45) is 5.92 Å². The fourth-order valence-corrected chi connectivity index (χ4v) is 2.29. The van der Waals surface area contributed by atoms with E-state index in [1.165, 1.54) is 0 Å². The van der Waals surface area contributed by atoms with Gasteiger partial charge >= 0.3 is 12.1 Å². The molecule has 0 aromatic heterocycles. The number of benzene rings is 1. The van der Waals surface area contributed by atoms with E-state index in [-0.39, 0.29) is 13.0 Å². The molecule has 0 unspecified atom stereocenters.